The zero-order chi connectivity index (χ0) is 21.2. The summed E-state index contributed by atoms with van der Waals surface area (Å²) in [4.78, 5) is 40.4. The number of nitrogens with one attached hydrogen (secondary N) is 1. The molecule has 2 fully saturated rings. The van der Waals surface area contributed by atoms with Crippen LogP contribution in [0.15, 0.2) is 0 Å². The molecule has 0 aromatic heterocycles. The second kappa shape index (κ2) is 12.2. The minimum atomic E-state index is -0.299. The summed E-state index contributed by atoms with van der Waals surface area (Å²) in [6, 6.07) is 0.494. The summed E-state index contributed by atoms with van der Waals surface area (Å²) in [5, 5.41) is 3.09. The monoisotopic (exact) mass is 409 g/mol. The lowest BCUT2D eigenvalue weighted by Gasteiger charge is -2.41. The number of amides is 2. The van der Waals surface area contributed by atoms with Crippen molar-refractivity contribution in [3.63, 3.8) is 0 Å². The number of esters is 1. The van der Waals surface area contributed by atoms with E-state index in [2.05, 4.69) is 24.1 Å². The van der Waals surface area contributed by atoms with Gasteiger partial charge in [0.15, 0.2) is 0 Å². The fourth-order valence-electron chi connectivity index (χ4n) is 4.24. The Bertz CT molecular complexity index is 536. The number of ether oxygens (including phenoxy) is 1. The van der Waals surface area contributed by atoms with Crippen LogP contribution in [0.1, 0.15) is 65.7 Å². The van der Waals surface area contributed by atoms with Crippen LogP contribution in [0.5, 0.6) is 0 Å². The van der Waals surface area contributed by atoms with Crippen molar-refractivity contribution >= 4 is 17.8 Å². The molecule has 0 spiro atoms. The molecule has 0 aliphatic carbocycles. The Morgan fingerprint density at radius 1 is 1.00 bits per heavy atom. The molecule has 1 N–H and O–H groups in total. The highest BCUT2D eigenvalue weighted by Gasteiger charge is 2.31. The molecule has 7 heteroatoms. The number of rotatable bonds is 9. The summed E-state index contributed by atoms with van der Waals surface area (Å²) in [7, 11) is 0. The Hall–Kier alpha value is -1.63. The number of carbonyl (C=O) groups is 3. The van der Waals surface area contributed by atoms with E-state index >= 15 is 0 Å². The second-order valence-electron chi connectivity index (χ2n) is 8.70. The largest absolute Gasteiger partial charge is 0.466 e. The van der Waals surface area contributed by atoms with Gasteiger partial charge < -0.3 is 19.9 Å². The first-order valence-electron chi connectivity index (χ1n) is 11.4. The van der Waals surface area contributed by atoms with E-state index in [1.54, 1.807) is 6.92 Å². The molecule has 2 amide bonds. The number of likely N-dealkylation sites (tertiary alicyclic amines) is 2. The third-order valence-corrected chi connectivity index (χ3v) is 6.10. The topological polar surface area (TPSA) is 79.0 Å². The maximum absolute atomic E-state index is 12.3. The van der Waals surface area contributed by atoms with Crippen LogP contribution in [0.3, 0.4) is 0 Å². The molecular weight excluding hydrogens is 370 g/mol. The summed E-state index contributed by atoms with van der Waals surface area (Å²) >= 11 is 0. The molecule has 2 heterocycles. The molecule has 0 saturated carbocycles. The highest BCUT2D eigenvalue weighted by Crippen LogP contribution is 2.24. The summed E-state index contributed by atoms with van der Waals surface area (Å²) in [5.41, 5.74) is 0. The van der Waals surface area contributed by atoms with Gasteiger partial charge in [-0.05, 0) is 58.0 Å². The summed E-state index contributed by atoms with van der Waals surface area (Å²) in [5.74, 6) is 0.718. The van der Waals surface area contributed by atoms with Crippen LogP contribution in [0.4, 0.5) is 0 Å². The average molecular weight is 410 g/mol. The molecule has 0 radical (unpaired) electrons. The van der Waals surface area contributed by atoms with E-state index < -0.39 is 0 Å². The van der Waals surface area contributed by atoms with Crippen LogP contribution in [0, 0.1) is 11.8 Å². The number of hydrogen-bond acceptors (Lipinski definition) is 5. The van der Waals surface area contributed by atoms with Crippen molar-refractivity contribution in [2.45, 2.75) is 71.8 Å². The Morgan fingerprint density at radius 2 is 1.66 bits per heavy atom. The van der Waals surface area contributed by atoms with E-state index in [-0.39, 0.29) is 36.5 Å². The van der Waals surface area contributed by atoms with Crippen molar-refractivity contribution in [2.75, 3.05) is 39.3 Å². The molecule has 0 bridgehead atoms. The van der Waals surface area contributed by atoms with Gasteiger partial charge in [0.05, 0.1) is 13.0 Å². The van der Waals surface area contributed by atoms with Crippen LogP contribution < -0.4 is 5.32 Å². The summed E-state index contributed by atoms with van der Waals surface area (Å²) in [6.45, 7) is 10.7. The van der Waals surface area contributed by atoms with E-state index in [1.165, 1.54) is 0 Å². The first kappa shape index (κ1) is 23.6. The molecule has 0 atom stereocenters. The molecule has 2 aliphatic heterocycles. The minimum Gasteiger partial charge on any atom is -0.466 e. The van der Waals surface area contributed by atoms with Gasteiger partial charge in [-0.15, -0.1) is 0 Å². The SMILES string of the molecule is CCOC(=O)CCC(=O)N1CCC(N2CCC(C(=O)NCCC(C)C)CC2)CC1. The van der Waals surface area contributed by atoms with Crippen molar-refractivity contribution in [3.05, 3.63) is 0 Å². The molecule has 0 aromatic carbocycles. The fourth-order valence-corrected chi connectivity index (χ4v) is 4.24. The summed E-state index contributed by atoms with van der Waals surface area (Å²) < 4.78 is 4.89. The van der Waals surface area contributed by atoms with Crippen molar-refractivity contribution < 1.29 is 19.1 Å². The number of piperidine rings is 2. The van der Waals surface area contributed by atoms with Gasteiger partial charge in [-0.2, -0.15) is 0 Å². The lowest BCUT2D eigenvalue weighted by atomic mass is 9.92. The fraction of sp³-hybridized carbons (Fsp3) is 0.864. The van der Waals surface area contributed by atoms with Gasteiger partial charge in [-0.25, -0.2) is 0 Å². The van der Waals surface area contributed by atoms with Crippen LogP contribution in [-0.4, -0.2) is 73.0 Å². The van der Waals surface area contributed by atoms with E-state index in [1.807, 2.05) is 4.90 Å². The highest BCUT2D eigenvalue weighted by molar-refractivity contribution is 5.81. The zero-order valence-electron chi connectivity index (χ0n) is 18.5. The third kappa shape index (κ3) is 7.96. The maximum Gasteiger partial charge on any atom is 0.306 e. The smallest absolute Gasteiger partial charge is 0.306 e. The standard InChI is InChI=1S/C22H39N3O4/c1-4-29-21(27)6-5-20(26)25-15-10-19(11-16-25)24-13-8-18(9-14-24)22(28)23-12-7-17(2)3/h17-19H,4-16H2,1-3H3,(H,23,28). The van der Waals surface area contributed by atoms with Crippen molar-refractivity contribution in [2.24, 2.45) is 11.8 Å². The van der Waals surface area contributed by atoms with Gasteiger partial charge in [0.2, 0.25) is 11.8 Å². The first-order chi connectivity index (χ1) is 13.9. The van der Waals surface area contributed by atoms with Gasteiger partial charge in [0.25, 0.3) is 0 Å². The molecule has 0 aromatic rings. The molecule has 29 heavy (non-hydrogen) atoms. The molecule has 166 valence electrons. The second-order valence-corrected chi connectivity index (χ2v) is 8.70. The van der Waals surface area contributed by atoms with Gasteiger partial charge in [-0.1, -0.05) is 13.8 Å². The van der Waals surface area contributed by atoms with Crippen molar-refractivity contribution in [1.82, 2.24) is 15.1 Å². The lowest BCUT2D eigenvalue weighted by Crippen LogP contribution is -2.50. The number of carbonyl (C=O) groups excluding carboxylic acids is 3. The third-order valence-electron chi connectivity index (χ3n) is 6.10. The highest BCUT2D eigenvalue weighted by atomic mass is 16.5. The molecule has 2 saturated heterocycles. The number of hydrogen-bond donors (Lipinski definition) is 1. The normalized spacial score (nSPS) is 19.4. The molecule has 2 rings (SSSR count). The van der Waals surface area contributed by atoms with Gasteiger partial charge in [-0.3, -0.25) is 14.4 Å². The molecule has 2 aliphatic rings. The Kier molecular flexibility index (Phi) is 9.91. The van der Waals surface area contributed by atoms with E-state index in [4.69, 9.17) is 4.74 Å². The Morgan fingerprint density at radius 3 is 2.24 bits per heavy atom. The predicted molar refractivity (Wildman–Crippen MR) is 112 cm³/mol. The van der Waals surface area contributed by atoms with E-state index in [9.17, 15) is 14.4 Å². The van der Waals surface area contributed by atoms with E-state index in [0.29, 0.717) is 18.6 Å². The minimum absolute atomic E-state index is 0.0493. The van der Waals surface area contributed by atoms with Crippen LogP contribution in [0.25, 0.3) is 0 Å². The van der Waals surface area contributed by atoms with E-state index in [0.717, 1.165) is 64.8 Å². The predicted octanol–water partition coefficient (Wildman–Crippen LogP) is 2.20. The van der Waals surface area contributed by atoms with Crippen molar-refractivity contribution in [3.8, 4) is 0 Å². The average Bonchev–Trinajstić information content (AvgIpc) is 2.72. The molecular formula is C22H39N3O4. The quantitative estimate of drug-likeness (QED) is 0.591. The van der Waals surface area contributed by atoms with Gasteiger partial charge >= 0.3 is 5.97 Å². The Balaban J connectivity index is 1.64. The van der Waals surface area contributed by atoms with Crippen LogP contribution >= 0.6 is 0 Å². The maximum atomic E-state index is 12.3. The molecule has 7 nitrogen and oxygen atoms in total. The van der Waals surface area contributed by atoms with Gasteiger partial charge in [0.1, 0.15) is 0 Å². The van der Waals surface area contributed by atoms with Crippen LogP contribution in [-0.2, 0) is 19.1 Å². The Labute approximate surface area is 175 Å². The van der Waals surface area contributed by atoms with Crippen LogP contribution in [0.2, 0.25) is 0 Å². The van der Waals surface area contributed by atoms with Crippen molar-refractivity contribution in [1.29, 1.82) is 0 Å². The summed E-state index contributed by atoms with van der Waals surface area (Å²) in [6.07, 6.45) is 5.22. The number of nitrogens with zero attached hydrogens (tertiary/aromatic N) is 2. The first-order valence-corrected chi connectivity index (χ1v) is 11.4. The molecule has 0 unspecified atom stereocenters. The lowest BCUT2D eigenvalue weighted by molar-refractivity contribution is -0.146. The van der Waals surface area contributed by atoms with Gasteiger partial charge in [0, 0.05) is 38.0 Å². The zero-order valence-corrected chi connectivity index (χ0v) is 18.5.